The fourth-order valence-corrected chi connectivity index (χ4v) is 6.30. The third-order valence-electron chi connectivity index (χ3n) is 8.34. The fourth-order valence-electron chi connectivity index (χ4n) is 6.30. The molecule has 0 spiro atoms. The number of aromatic nitrogens is 2. The van der Waals surface area contributed by atoms with Crippen molar-refractivity contribution in [2.75, 3.05) is 13.7 Å². The molecule has 15 nitrogen and oxygen atoms in total. The first kappa shape index (κ1) is 36.0. The number of pyridine rings is 1. The van der Waals surface area contributed by atoms with E-state index in [1.165, 1.54) is 20.3 Å². The van der Waals surface area contributed by atoms with Gasteiger partial charge in [-0.05, 0) is 18.6 Å². The van der Waals surface area contributed by atoms with E-state index in [1.807, 2.05) is 30.3 Å². The number of rotatable bonds is 11. The SMILES string of the molecule is C=C[C@H]1[C@H](O[C@@H]2O[C@H](COC(C)=O)[C@@H](OC(C)=O)[C@H](OC(C)=O)[C@H]2OC(C)=O)OC=C(C(=O)OC)[C@H]1Cc1nccc2c1[nH]c1ccccc12. The molecule has 0 saturated carbocycles. The molecule has 1 saturated heterocycles. The van der Waals surface area contributed by atoms with Crippen LogP contribution in [-0.2, 0) is 68.3 Å². The number of H-pyrrole nitrogens is 1. The number of aromatic amines is 1. The molecule has 1 fully saturated rings. The van der Waals surface area contributed by atoms with Crippen LogP contribution in [0.2, 0.25) is 0 Å². The number of hydrogen-bond donors (Lipinski definition) is 1. The van der Waals surface area contributed by atoms with Gasteiger partial charge in [-0.1, -0.05) is 24.3 Å². The Balaban J connectivity index is 1.52. The zero-order valence-corrected chi connectivity index (χ0v) is 28.1. The third kappa shape index (κ3) is 7.79. The highest BCUT2D eigenvalue weighted by molar-refractivity contribution is 6.07. The lowest BCUT2D eigenvalue weighted by Gasteiger charge is -2.45. The van der Waals surface area contributed by atoms with E-state index in [1.54, 1.807) is 12.3 Å². The highest BCUT2D eigenvalue weighted by Crippen LogP contribution is 2.39. The third-order valence-corrected chi connectivity index (χ3v) is 8.34. The molecule has 50 heavy (non-hydrogen) atoms. The maximum Gasteiger partial charge on any atom is 0.337 e. The van der Waals surface area contributed by atoms with Crippen LogP contribution in [0.5, 0.6) is 0 Å². The van der Waals surface area contributed by atoms with E-state index in [0.717, 1.165) is 42.6 Å². The van der Waals surface area contributed by atoms with Gasteiger partial charge < -0.3 is 42.9 Å². The smallest absolute Gasteiger partial charge is 0.337 e. The number of benzene rings is 1. The van der Waals surface area contributed by atoms with E-state index in [0.29, 0.717) is 5.69 Å². The van der Waals surface area contributed by atoms with Crippen molar-refractivity contribution in [3.63, 3.8) is 0 Å². The van der Waals surface area contributed by atoms with Gasteiger partial charge in [-0.2, -0.15) is 0 Å². The van der Waals surface area contributed by atoms with Gasteiger partial charge in [-0.25, -0.2) is 4.79 Å². The first-order valence-electron chi connectivity index (χ1n) is 15.8. The topological polar surface area (TPSA) is 188 Å². The fraction of sp³-hybridized carbons (Fsp3) is 0.429. The first-order valence-corrected chi connectivity index (χ1v) is 15.8. The Morgan fingerprint density at radius 1 is 0.880 bits per heavy atom. The summed E-state index contributed by atoms with van der Waals surface area (Å²) in [5.41, 5.74) is 2.54. The van der Waals surface area contributed by atoms with E-state index in [2.05, 4.69) is 16.5 Å². The van der Waals surface area contributed by atoms with E-state index in [4.69, 9.17) is 37.9 Å². The van der Waals surface area contributed by atoms with Crippen LogP contribution in [0.3, 0.4) is 0 Å². The summed E-state index contributed by atoms with van der Waals surface area (Å²) in [7, 11) is 1.25. The molecule has 15 heteroatoms. The number of fused-ring (bicyclic) bond motifs is 3. The molecule has 5 rings (SSSR count). The molecular formula is C35H38N2O13. The molecule has 2 aliphatic rings. The molecule has 1 aromatic carbocycles. The minimum absolute atomic E-state index is 0.189. The van der Waals surface area contributed by atoms with Crippen molar-refractivity contribution in [1.82, 2.24) is 9.97 Å². The molecule has 4 heterocycles. The van der Waals surface area contributed by atoms with E-state index < -0.39 is 85.3 Å². The zero-order valence-electron chi connectivity index (χ0n) is 28.1. The Hall–Kier alpha value is -5.28. The molecule has 3 aromatic rings. The number of ether oxygens (including phenoxy) is 8. The Bertz CT molecular complexity index is 1820. The zero-order chi connectivity index (χ0) is 36.1. The van der Waals surface area contributed by atoms with Crippen molar-refractivity contribution in [1.29, 1.82) is 0 Å². The molecule has 0 aliphatic carbocycles. The van der Waals surface area contributed by atoms with Crippen LogP contribution in [0.25, 0.3) is 21.8 Å². The Kier molecular flexibility index (Phi) is 11.2. The quantitative estimate of drug-likeness (QED) is 0.175. The maximum atomic E-state index is 13.1. The monoisotopic (exact) mass is 694 g/mol. The van der Waals surface area contributed by atoms with Gasteiger partial charge in [0, 0.05) is 62.0 Å². The highest BCUT2D eigenvalue weighted by Gasteiger charge is 2.54. The summed E-state index contributed by atoms with van der Waals surface area (Å²) in [4.78, 5) is 69.6. The standard InChI is InChI=1S/C35H38N2O13/c1-7-21-24(14-27-29-23(12-13-36-27)22-10-8-9-11-26(22)37-29)25(33(42)43-6)15-45-34(21)50-35-32(48-20(5)41)31(47-19(4)40)30(46-18(3)39)28(49-35)16-44-17(2)38/h7-13,15,21,24,28,30-32,34-35,37H,1,14,16H2,2-6H3/t21-,24+,28-,30-,31+,32-,34+,35+/m1/s1. The lowest BCUT2D eigenvalue weighted by atomic mass is 9.80. The van der Waals surface area contributed by atoms with Crippen LogP contribution in [0.4, 0.5) is 0 Å². The van der Waals surface area contributed by atoms with Crippen LogP contribution in [0.1, 0.15) is 33.4 Å². The van der Waals surface area contributed by atoms with Gasteiger partial charge in [0.25, 0.3) is 0 Å². The summed E-state index contributed by atoms with van der Waals surface area (Å²) in [5.74, 6) is -5.08. The van der Waals surface area contributed by atoms with Gasteiger partial charge in [-0.3, -0.25) is 24.2 Å². The lowest BCUT2D eigenvalue weighted by Crippen LogP contribution is -2.63. The number of carbonyl (C=O) groups is 5. The molecule has 0 amide bonds. The van der Waals surface area contributed by atoms with Crippen LogP contribution >= 0.6 is 0 Å². The van der Waals surface area contributed by atoms with Crippen LogP contribution in [-0.4, -0.2) is 90.5 Å². The van der Waals surface area contributed by atoms with Crippen molar-refractivity contribution in [2.45, 2.75) is 71.1 Å². The number of hydrogen-bond acceptors (Lipinski definition) is 14. The lowest BCUT2D eigenvalue weighted by molar-refractivity contribution is -0.342. The molecule has 1 N–H and O–H groups in total. The van der Waals surface area contributed by atoms with Gasteiger partial charge in [0.2, 0.25) is 12.6 Å². The largest absolute Gasteiger partial charge is 0.471 e. The van der Waals surface area contributed by atoms with Crippen LogP contribution in [0, 0.1) is 11.8 Å². The number of nitrogens with one attached hydrogen (secondary N) is 1. The molecular weight excluding hydrogens is 656 g/mol. The summed E-state index contributed by atoms with van der Waals surface area (Å²) in [6.07, 6.45) is -3.66. The van der Waals surface area contributed by atoms with Gasteiger partial charge in [0.15, 0.2) is 18.3 Å². The summed E-state index contributed by atoms with van der Waals surface area (Å²) < 4.78 is 45.1. The molecule has 266 valence electrons. The average molecular weight is 695 g/mol. The van der Waals surface area contributed by atoms with Gasteiger partial charge in [0.1, 0.15) is 12.7 Å². The second kappa shape index (κ2) is 15.5. The predicted octanol–water partition coefficient (Wildman–Crippen LogP) is 3.19. The van der Waals surface area contributed by atoms with Crippen molar-refractivity contribution in [3.05, 3.63) is 66.7 Å². The molecule has 0 unspecified atom stereocenters. The summed E-state index contributed by atoms with van der Waals surface area (Å²) >= 11 is 0. The average Bonchev–Trinajstić information content (AvgIpc) is 3.45. The Morgan fingerprint density at radius 2 is 1.56 bits per heavy atom. The van der Waals surface area contributed by atoms with Crippen molar-refractivity contribution < 1.29 is 61.9 Å². The minimum Gasteiger partial charge on any atom is -0.471 e. The van der Waals surface area contributed by atoms with Gasteiger partial charge in [0.05, 0.1) is 30.2 Å². The molecule has 2 aliphatic heterocycles. The summed E-state index contributed by atoms with van der Waals surface area (Å²) in [5, 5.41) is 1.95. The number of methoxy groups -OCH3 is 1. The van der Waals surface area contributed by atoms with Crippen LogP contribution in [0.15, 0.2) is 61.0 Å². The summed E-state index contributed by atoms with van der Waals surface area (Å²) in [6, 6.07) is 9.72. The number of nitrogens with zero attached hydrogens (tertiary/aromatic N) is 1. The maximum absolute atomic E-state index is 13.1. The Labute approximate surface area is 286 Å². The second-order valence-corrected chi connectivity index (χ2v) is 11.7. The van der Waals surface area contributed by atoms with Gasteiger partial charge >= 0.3 is 29.8 Å². The van der Waals surface area contributed by atoms with Crippen LogP contribution < -0.4 is 0 Å². The normalized spacial score (nSPS) is 26.2. The van der Waals surface area contributed by atoms with E-state index >= 15 is 0 Å². The molecule has 0 bridgehead atoms. The Morgan fingerprint density at radius 3 is 2.22 bits per heavy atom. The molecule has 8 atom stereocenters. The predicted molar refractivity (Wildman–Crippen MR) is 172 cm³/mol. The van der Waals surface area contributed by atoms with Crippen molar-refractivity contribution in [3.8, 4) is 0 Å². The van der Waals surface area contributed by atoms with Gasteiger partial charge in [-0.15, -0.1) is 6.58 Å². The first-order chi connectivity index (χ1) is 23.9. The van der Waals surface area contributed by atoms with E-state index in [-0.39, 0.29) is 12.0 Å². The van der Waals surface area contributed by atoms with Crippen molar-refractivity contribution >= 4 is 51.7 Å². The van der Waals surface area contributed by atoms with Crippen molar-refractivity contribution in [2.24, 2.45) is 11.8 Å². The number of carbonyl (C=O) groups excluding carboxylic acids is 5. The summed E-state index contributed by atoms with van der Waals surface area (Å²) in [6.45, 7) is 8.08. The van der Waals surface area contributed by atoms with E-state index in [9.17, 15) is 24.0 Å². The number of para-hydroxylation sites is 1. The second-order valence-electron chi connectivity index (χ2n) is 11.7. The minimum atomic E-state index is -1.54. The number of esters is 5. The molecule has 2 aromatic heterocycles. The molecule has 0 radical (unpaired) electrons. The highest BCUT2D eigenvalue weighted by atomic mass is 16.8.